The first kappa shape index (κ1) is 41.6. The van der Waals surface area contributed by atoms with Crippen molar-refractivity contribution in [3.8, 4) is 0 Å². The Bertz CT molecular complexity index is 608. The standard InChI is InChI=1S/C19H23FNO2.C3H8.C2H6.CH3O.CH4.K.H/c1-5-7-19(18(20)6-2)23-14-17-10-8-16(9-11-17)12-21(4)15(3)13-22;1-3-2;2*1-2;;;/h5-11,15H,1,12,14H2,2-4H3;3H2,1-2H3;1-2H3;1H3;1H4;;/q-1;;;-1;;+1;-1/b18-6+,19-7+;;;;;;. The van der Waals surface area contributed by atoms with Gasteiger partial charge in [-0.3, -0.25) is 0 Å². The van der Waals surface area contributed by atoms with Gasteiger partial charge in [0.15, 0.2) is 11.6 Å². The Balaban J connectivity index is -0.000000164. The molecule has 0 aliphatic heterocycles. The van der Waals surface area contributed by atoms with Crippen molar-refractivity contribution in [3.63, 3.8) is 0 Å². The van der Waals surface area contributed by atoms with Gasteiger partial charge in [0.2, 0.25) is 0 Å². The largest absolute Gasteiger partial charge is 1.00 e. The van der Waals surface area contributed by atoms with Gasteiger partial charge in [-0.2, -0.15) is 7.11 Å². The Morgan fingerprint density at radius 1 is 1.25 bits per heavy atom. The molecule has 1 aromatic rings. The van der Waals surface area contributed by atoms with Crippen molar-refractivity contribution in [1.82, 2.24) is 4.90 Å². The van der Waals surface area contributed by atoms with E-state index in [1.807, 2.05) is 56.3 Å². The molecule has 0 saturated carbocycles. The first-order chi connectivity index (χ1) is 14.4. The summed E-state index contributed by atoms with van der Waals surface area (Å²) in [6.45, 7) is 16.1. The molecule has 1 unspecified atom stereocenters. The molecule has 0 heterocycles. The summed E-state index contributed by atoms with van der Waals surface area (Å²) in [4.78, 5) is 12.5. The van der Waals surface area contributed by atoms with E-state index >= 15 is 0 Å². The first-order valence-electron chi connectivity index (χ1n) is 10.3. The quantitative estimate of drug-likeness (QED) is 0.237. The fourth-order valence-corrected chi connectivity index (χ4v) is 1.86. The first-order valence-corrected chi connectivity index (χ1v) is 10.3. The van der Waals surface area contributed by atoms with Crippen molar-refractivity contribution in [3.05, 3.63) is 71.8 Å². The number of hydrogen-bond donors (Lipinski definition) is 0. The SMILES string of the molecule is C.C=C/C=C(OCc1ccc(CN(C)C(C)[C-]=O)cc1)\C(F)=C/C.CC.CCC.C[O-].[H-].[K+]. The second kappa shape index (κ2) is 30.4. The normalized spacial score (nSPS) is 10.8. The van der Waals surface area contributed by atoms with Crippen LogP contribution in [0.25, 0.3) is 0 Å². The van der Waals surface area contributed by atoms with Crippen LogP contribution in [0.5, 0.6) is 0 Å². The summed E-state index contributed by atoms with van der Waals surface area (Å²) in [7, 11) is 2.62. The molecule has 0 N–H and O–H groups in total. The second-order valence-electron chi connectivity index (χ2n) is 5.92. The Kier molecular flexibility index (Phi) is 39.5. The number of benzene rings is 1. The molecule has 6 heteroatoms. The van der Waals surface area contributed by atoms with Crippen LogP contribution < -0.4 is 56.5 Å². The number of ether oxygens (including phenoxy) is 1. The van der Waals surface area contributed by atoms with Crippen LogP contribution >= 0.6 is 0 Å². The molecular formula is C26H45FKNO3-2. The number of allylic oxidation sites excluding steroid dienone is 4. The predicted molar refractivity (Wildman–Crippen MR) is 132 cm³/mol. The summed E-state index contributed by atoms with van der Waals surface area (Å²) in [5.41, 5.74) is 2.02. The molecule has 0 spiro atoms. The molecule has 0 saturated heterocycles. The fraction of sp³-hybridized carbons (Fsp3) is 0.500. The minimum Gasteiger partial charge on any atom is -1.00 e. The Morgan fingerprint density at radius 3 is 2.06 bits per heavy atom. The van der Waals surface area contributed by atoms with Crippen molar-refractivity contribution >= 4 is 6.29 Å². The van der Waals surface area contributed by atoms with Gasteiger partial charge < -0.3 is 21.0 Å². The van der Waals surface area contributed by atoms with E-state index in [0.29, 0.717) is 6.54 Å². The summed E-state index contributed by atoms with van der Waals surface area (Å²) in [6.07, 6.45) is 7.54. The Hall–Kier alpha value is -0.604. The van der Waals surface area contributed by atoms with Gasteiger partial charge in [-0.1, -0.05) is 91.4 Å². The zero-order valence-corrected chi connectivity index (χ0v) is 24.1. The predicted octanol–water partition coefficient (Wildman–Crippen LogP) is 3.25. The van der Waals surface area contributed by atoms with Crippen molar-refractivity contribution in [1.29, 1.82) is 0 Å². The van der Waals surface area contributed by atoms with Gasteiger partial charge in [0.05, 0.1) is 0 Å². The van der Waals surface area contributed by atoms with Gasteiger partial charge >= 0.3 is 51.4 Å². The van der Waals surface area contributed by atoms with Crippen molar-refractivity contribution in [2.45, 2.75) is 74.6 Å². The average Bonchev–Trinajstić information content (AvgIpc) is 2.79. The van der Waals surface area contributed by atoms with Crippen LogP contribution in [-0.4, -0.2) is 31.4 Å². The molecule has 1 rings (SSSR count). The van der Waals surface area contributed by atoms with Gasteiger partial charge in [-0.15, -0.1) is 0 Å². The van der Waals surface area contributed by atoms with Gasteiger partial charge in [0.1, 0.15) is 6.61 Å². The smallest absolute Gasteiger partial charge is 1.00 e. The van der Waals surface area contributed by atoms with Crippen molar-refractivity contribution in [2.75, 3.05) is 14.2 Å². The van der Waals surface area contributed by atoms with Gasteiger partial charge in [-0.05, 0) is 37.3 Å². The Morgan fingerprint density at radius 2 is 1.69 bits per heavy atom. The van der Waals surface area contributed by atoms with Crippen molar-refractivity contribution < 1.29 is 71.8 Å². The van der Waals surface area contributed by atoms with E-state index in [0.717, 1.165) is 18.2 Å². The van der Waals surface area contributed by atoms with Gasteiger partial charge in [0, 0.05) is 6.54 Å². The molecule has 32 heavy (non-hydrogen) atoms. The van der Waals surface area contributed by atoms with E-state index < -0.39 is 5.83 Å². The number of nitrogens with zero attached hydrogens (tertiary/aromatic N) is 1. The monoisotopic (exact) mass is 477 g/mol. The fourth-order valence-electron chi connectivity index (χ4n) is 1.86. The van der Waals surface area contributed by atoms with Crippen LogP contribution in [0, 0.1) is 0 Å². The summed E-state index contributed by atoms with van der Waals surface area (Å²) in [5, 5.41) is 8.25. The van der Waals surface area contributed by atoms with E-state index in [4.69, 9.17) is 9.84 Å². The van der Waals surface area contributed by atoms with Crippen LogP contribution in [-0.2, 0) is 22.7 Å². The van der Waals surface area contributed by atoms with Gasteiger partial charge in [-0.25, -0.2) is 10.7 Å². The van der Waals surface area contributed by atoms with Crippen LogP contribution in [0.15, 0.2) is 60.7 Å². The van der Waals surface area contributed by atoms with Gasteiger partial charge in [0.25, 0.3) is 0 Å². The summed E-state index contributed by atoms with van der Waals surface area (Å²) in [5.74, 6) is -0.246. The number of likely N-dealkylation sites (N-methyl/N-ethyl adjacent to an activating group) is 1. The van der Waals surface area contributed by atoms with E-state index in [2.05, 4.69) is 20.4 Å². The molecule has 0 amide bonds. The molecule has 0 aromatic heterocycles. The van der Waals surface area contributed by atoms with Crippen molar-refractivity contribution in [2.24, 2.45) is 0 Å². The minimum atomic E-state index is -0.415. The molecule has 1 atom stereocenters. The van der Waals surface area contributed by atoms with E-state index in [1.54, 1.807) is 13.8 Å². The van der Waals surface area contributed by atoms with E-state index in [-0.39, 0.29) is 78.6 Å². The third kappa shape index (κ3) is 21.3. The molecule has 0 aliphatic carbocycles. The number of hydrogen-bond acceptors (Lipinski definition) is 4. The second-order valence-corrected chi connectivity index (χ2v) is 5.92. The van der Waals surface area contributed by atoms with Crippen LogP contribution in [0.1, 0.15) is 67.9 Å². The molecule has 182 valence electrons. The molecule has 0 fully saturated rings. The number of halogens is 1. The topological polar surface area (TPSA) is 52.6 Å². The molecule has 0 bridgehead atoms. The van der Waals surface area contributed by atoms with Crippen LogP contribution in [0.4, 0.5) is 4.39 Å². The van der Waals surface area contributed by atoms with E-state index in [1.165, 1.54) is 24.6 Å². The molecule has 0 aliphatic rings. The Labute approximate surface area is 241 Å². The molecule has 1 aromatic carbocycles. The summed E-state index contributed by atoms with van der Waals surface area (Å²) in [6, 6.07) is 7.55. The average molecular weight is 478 g/mol. The third-order valence-electron chi connectivity index (χ3n) is 3.44. The molecule has 0 radical (unpaired) electrons. The number of rotatable bonds is 9. The maximum Gasteiger partial charge on any atom is 1.00 e. The zero-order valence-electron chi connectivity index (χ0n) is 22.0. The molecule has 4 nitrogen and oxygen atoms in total. The third-order valence-corrected chi connectivity index (χ3v) is 3.44. The number of carbonyl (C=O) groups excluding carboxylic acids is 1. The summed E-state index contributed by atoms with van der Waals surface area (Å²) < 4.78 is 19.1. The van der Waals surface area contributed by atoms with E-state index in [9.17, 15) is 9.18 Å². The maximum atomic E-state index is 13.6. The summed E-state index contributed by atoms with van der Waals surface area (Å²) >= 11 is 0. The van der Waals surface area contributed by atoms with Crippen LogP contribution in [0.2, 0.25) is 0 Å². The molecular weight excluding hydrogens is 432 g/mol. The maximum absolute atomic E-state index is 13.6. The zero-order chi connectivity index (χ0) is 23.9. The van der Waals surface area contributed by atoms with Crippen LogP contribution in [0.3, 0.4) is 0 Å². The minimum absolute atomic E-state index is 0.